The van der Waals surface area contributed by atoms with Gasteiger partial charge >= 0.3 is 0 Å². The Morgan fingerprint density at radius 1 is 1.40 bits per heavy atom. The van der Waals surface area contributed by atoms with Gasteiger partial charge in [-0.25, -0.2) is 0 Å². The van der Waals surface area contributed by atoms with Crippen molar-refractivity contribution in [1.29, 1.82) is 0 Å². The third-order valence-corrected chi connectivity index (χ3v) is 2.61. The Morgan fingerprint density at radius 3 is 3.20 bits per heavy atom. The Bertz CT molecular complexity index is 325. The van der Waals surface area contributed by atoms with Gasteiger partial charge in [0, 0.05) is 30.8 Å². The van der Waals surface area contributed by atoms with Crippen LogP contribution < -0.4 is 10.1 Å². The van der Waals surface area contributed by atoms with Crippen molar-refractivity contribution in [3.63, 3.8) is 0 Å². The molecule has 0 fully saturated rings. The summed E-state index contributed by atoms with van der Waals surface area (Å²) >= 11 is 0. The van der Waals surface area contributed by atoms with Crippen LogP contribution in [0.4, 0.5) is 5.69 Å². The molecule has 0 radical (unpaired) electrons. The SMILES string of the molecule is OCCCOc1cccc2c1CCCN2. The number of aliphatic hydroxyl groups is 1. The maximum atomic E-state index is 8.69. The van der Waals surface area contributed by atoms with E-state index in [-0.39, 0.29) is 6.61 Å². The van der Waals surface area contributed by atoms with Crippen molar-refractivity contribution in [2.45, 2.75) is 19.3 Å². The molecule has 0 unspecified atom stereocenters. The second kappa shape index (κ2) is 5.03. The summed E-state index contributed by atoms with van der Waals surface area (Å²) in [6.07, 6.45) is 2.93. The van der Waals surface area contributed by atoms with E-state index in [4.69, 9.17) is 9.84 Å². The Hall–Kier alpha value is -1.22. The Labute approximate surface area is 90.1 Å². The number of hydrogen-bond donors (Lipinski definition) is 2. The highest BCUT2D eigenvalue weighted by molar-refractivity contribution is 5.58. The standard InChI is InChI=1S/C12H17NO2/c14-8-3-9-15-12-6-1-5-11-10(12)4-2-7-13-11/h1,5-6,13-14H,2-4,7-9H2. The summed E-state index contributed by atoms with van der Waals surface area (Å²) < 4.78 is 5.64. The lowest BCUT2D eigenvalue weighted by molar-refractivity contribution is 0.232. The van der Waals surface area contributed by atoms with Gasteiger partial charge in [-0.2, -0.15) is 0 Å². The van der Waals surface area contributed by atoms with Crippen LogP contribution in [0.3, 0.4) is 0 Å². The second-order valence-electron chi connectivity index (χ2n) is 3.74. The number of hydrogen-bond acceptors (Lipinski definition) is 3. The van der Waals surface area contributed by atoms with Gasteiger partial charge in [-0.05, 0) is 25.0 Å². The van der Waals surface area contributed by atoms with Crippen LogP contribution in [0.5, 0.6) is 5.75 Å². The number of benzene rings is 1. The highest BCUT2D eigenvalue weighted by atomic mass is 16.5. The average molecular weight is 207 g/mol. The zero-order valence-corrected chi connectivity index (χ0v) is 8.83. The Morgan fingerprint density at radius 2 is 2.33 bits per heavy atom. The van der Waals surface area contributed by atoms with Crippen LogP contribution >= 0.6 is 0 Å². The molecule has 1 aliphatic rings. The van der Waals surface area contributed by atoms with Crippen molar-refractivity contribution >= 4 is 5.69 Å². The summed E-state index contributed by atoms with van der Waals surface area (Å²) in [7, 11) is 0. The first-order valence-corrected chi connectivity index (χ1v) is 5.51. The molecule has 0 aromatic heterocycles. The summed E-state index contributed by atoms with van der Waals surface area (Å²) in [4.78, 5) is 0. The van der Waals surface area contributed by atoms with Gasteiger partial charge in [-0.15, -0.1) is 0 Å². The summed E-state index contributed by atoms with van der Waals surface area (Å²) in [6.45, 7) is 1.83. The quantitative estimate of drug-likeness (QED) is 0.740. The van der Waals surface area contributed by atoms with Gasteiger partial charge in [-0.3, -0.25) is 0 Å². The van der Waals surface area contributed by atoms with Gasteiger partial charge in [0.25, 0.3) is 0 Å². The van der Waals surface area contributed by atoms with Crippen molar-refractivity contribution < 1.29 is 9.84 Å². The highest BCUT2D eigenvalue weighted by Gasteiger charge is 2.12. The van der Waals surface area contributed by atoms with Gasteiger partial charge in [0.1, 0.15) is 5.75 Å². The largest absolute Gasteiger partial charge is 0.493 e. The van der Waals surface area contributed by atoms with E-state index in [2.05, 4.69) is 11.4 Å². The van der Waals surface area contributed by atoms with E-state index in [1.165, 1.54) is 11.3 Å². The van der Waals surface area contributed by atoms with Crippen LogP contribution in [0.2, 0.25) is 0 Å². The third-order valence-electron chi connectivity index (χ3n) is 2.61. The summed E-state index contributed by atoms with van der Waals surface area (Å²) in [6, 6.07) is 6.10. The van der Waals surface area contributed by atoms with Gasteiger partial charge in [-0.1, -0.05) is 6.07 Å². The minimum absolute atomic E-state index is 0.188. The molecule has 1 aromatic rings. The number of nitrogens with one attached hydrogen (secondary N) is 1. The maximum Gasteiger partial charge on any atom is 0.124 e. The number of rotatable bonds is 4. The molecule has 3 heteroatoms. The number of ether oxygens (including phenoxy) is 1. The molecule has 1 heterocycles. The Kier molecular flexibility index (Phi) is 3.45. The maximum absolute atomic E-state index is 8.69. The van der Waals surface area contributed by atoms with Crippen molar-refractivity contribution in [2.75, 3.05) is 25.1 Å². The minimum atomic E-state index is 0.188. The van der Waals surface area contributed by atoms with E-state index in [0.717, 1.165) is 25.1 Å². The first-order valence-electron chi connectivity index (χ1n) is 5.51. The van der Waals surface area contributed by atoms with Gasteiger partial charge in [0.2, 0.25) is 0 Å². The summed E-state index contributed by atoms with van der Waals surface area (Å²) in [5.41, 5.74) is 2.48. The highest BCUT2D eigenvalue weighted by Crippen LogP contribution is 2.30. The molecule has 15 heavy (non-hydrogen) atoms. The number of fused-ring (bicyclic) bond motifs is 1. The predicted octanol–water partition coefficient (Wildman–Crippen LogP) is 1.81. The first-order chi connectivity index (χ1) is 7.42. The molecule has 0 amide bonds. The molecule has 0 aliphatic carbocycles. The van der Waals surface area contributed by atoms with E-state index in [1.54, 1.807) is 0 Å². The summed E-state index contributed by atoms with van der Waals surface area (Å²) in [5, 5.41) is 12.1. The fraction of sp³-hybridized carbons (Fsp3) is 0.500. The van der Waals surface area contributed by atoms with Crippen LogP contribution in [0, 0.1) is 0 Å². The molecule has 2 N–H and O–H groups in total. The fourth-order valence-corrected chi connectivity index (χ4v) is 1.86. The molecule has 0 bridgehead atoms. The lowest BCUT2D eigenvalue weighted by Crippen LogP contribution is -2.13. The monoisotopic (exact) mass is 207 g/mol. The predicted molar refractivity (Wildman–Crippen MR) is 60.5 cm³/mol. The van der Waals surface area contributed by atoms with Crippen LogP contribution in [0.1, 0.15) is 18.4 Å². The van der Waals surface area contributed by atoms with Crippen molar-refractivity contribution in [1.82, 2.24) is 0 Å². The van der Waals surface area contributed by atoms with Gasteiger partial charge in [0.05, 0.1) is 6.61 Å². The van der Waals surface area contributed by atoms with Crippen molar-refractivity contribution in [3.05, 3.63) is 23.8 Å². The molecule has 0 spiro atoms. The molecule has 2 rings (SSSR count). The van der Waals surface area contributed by atoms with Crippen LogP contribution in [0.25, 0.3) is 0 Å². The van der Waals surface area contributed by atoms with Crippen LogP contribution in [-0.2, 0) is 6.42 Å². The Balaban J connectivity index is 2.09. The van der Waals surface area contributed by atoms with E-state index in [0.29, 0.717) is 13.0 Å². The molecular formula is C12H17NO2. The molecule has 82 valence electrons. The molecule has 0 saturated heterocycles. The van der Waals surface area contributed by atoms with Crippen LogP contribution in [-0.4, -0.2) is 24.9 Å². The molecule has 0 saturated carbocycles. The summed E-state index contributed by atoms with van der Waals surface area (Å²) in [5.74, 6) is 0.966. The molecule has 3 nitrogen and oxygen atoms in total. The fourth-order valence-electron chi connectivity index (χ4n) is 1.86. The van der Waals surface area contributed by atoms with E-state index in [1.807, 2.05) is 12.1 Å². The van der Waals surface area contributed by atoms with Crippen molar-refractivity contribution in [2.24, 2.45) is 0 Å². The van der Waals surface area contributed by atoms with Crippen molar-refractivity contribution in [3.8, 4) is 5.75 Å². The zero-order chi connectivity index (χ0) is 10.5. The van der Waals surface area contributed by atoms with E-state index < -0.39 is 0 Å². The smallest absolute Gasteiger partial charge is 0.124 e. The van der Waals surface area contributed by atoms with Crippen LogP contribution in [0.15, 0.2) is 18.2 Å². The molecule has 1 aliphatic heterocycles. The lowest BCUT2D eigenvalue weighted by Gasteiger charge is -2.20. The number of aliphatic hydroxyl groups excluding tert-OH is 1. The number of anilines is 1. The van der Waals surface area contributed by atoms with E-state index in [9.17, 15) is 0 Å². The van der Waals surface area contributed by atoms with E-state index >= 15 is 0 Å². The molecule has 0 atom stereocenters. The minimum Gasteiger partial charge on any atom is -0.493 e. The van der Waals surface area contributed by atoms with Gasteiger partial charge in [0.15, 0.2) is 0 Å². The van der Waals surface area contributed by atoms with Gasteiger partial charge < -0.3 is 15.2 Å². The zero-order valence-electron chi connectivity index (χ0n) is 8.83. The first kappa shape index (κ1) is 10.3. The average Bonchev–Trinajstić information content (AvgIpc) is 2.30. The topological polar surface area (TPSA) is 41.5 Å². The molecule has 1 aromatic carbocycles. The lowest BCUT2D eigenvalue weighted by atomic mass is 10.0. The second-order valence-corrected chi connectivity index (χ2v) is 3.74. The molecular weight excluding hydrogens is 190 g/mol. The third kappa shape index (κ3) is 2.42. The normalized spacial score (nSPS) is 14.2.